The van der Waals surface area contributed by atoms with Gasteiger partial charge in [0.05, 0.1) is 11.4 Å². The van der Waals surface area contributed by atoms with E-state index in [9.17, 15) is 9.59 Å². The lowest BCUT2D eigenvalue weighted by Crippen LogP contribution is -2.39. The lowest BCUT2D eigenvalue weighted by atomic mass is 10.1. The number of benzene rings is 1. The molecule has 0 bridgehead atoms. The summed E-state index contributed by atoms with van der Waals surface area (Å²) in [5.74, 6) is 0.0114. The molecule has 2 fully saturated rings. The van der Waals surface area contributed by atoms with Crippen LogP contribution in [0, 0.1) is 5.92 Å². The van der Waals surface area contributed by atoms with E-state index in [4.69, 9.17) is 0 Å². The molecular formula is C18H23N5O2. The fraction of sp³-hybridized carbons (Fsp3) is 0.556. The zero-order chi connectivity index (χ0) is 17.2. The predicted octanol–water partition coefficient (Wildman–Crippen LogP) is 1.34. The van der Waals surface area contributed by atoms with Crippen LogP contribution in [0.15, 0.2) is 24.3 Å². The van der Waals surface area contributed by atoms with Crippen molar-refractivity contribution in [1.82, 2.24) is 25.2 Å². The molecule has 4 rings (SSSR count). The Balaban J connectivity index is 1.34. The molecule has 1 atom stereocenters. The van der Waals surface area contributed by atoms with Crippen LogP contribution in [0.25, 0.3) is 11.0 Å². The van der Waals surface area contributed by atoms with Crippen LogP contribution in [-0.4, -0.2) is 50.8 Å². The molecule has 1 aliphatic heterocycles. The molecule has 0 radical (unpaired) electrons. The van der Waals surface area contributed by atoms with Gasteiger partial charge in [-0.3, -0.25) is 9.59 Å². The van der Waals surface area contributed by atoms with E-state index >= 15 is 0 Å². The molecule has 132 valence electrons. The third-order valence-electron chi connectivity index (χ3n) is 5.32. The van der Waals surface area contributed by atoms with Gasteiger partial charge in [-0.25, -0.2) is 4.68 Å². The van der Waals surface area contributed by atoms with Gasteiger partial charge >= 0.3 is 0 Å². The zero-order valence-corrected chi connectivity index (χ0v) is 14.2. The van der Waals surface area contributed by atoms with Crippen LogP contribution in [0.2, 0.25) is 0 Å². The van der Waals surface area contributed by atoms with Gasteiger partial charge in [0.2, 0.25) is 11.8 Å². The minimum Gasteiger partial charge on any atom is -0.353 e. The molecule has 2 amide bonds. The first-order valence-corrected chi connectivity index (χ1v) is 9.07. The number of amides is 2. The first kappa shape index (κ1) is 16.1. The molecule has 1 N–H and O–H groups in total. The standard InChI is InChI=1S/C18H23N5O2/c24-17(12-23-16-8-4-3-7-15(16)20-21-23)22-10-9-13(11-22)18(25)19-14-5-1-2-6-14/h3-4,7-8,13-14H,1-2,5-6,9-12H2,(H,19,25)/t13-/m1/s1. The number of hydrogen-bond acceptors (Lipinski definition) is 4. The second-order valence-electron chi connectivity index (χ2n) is 7.05. The fourth-order valence-electron chi connectivity index (χ4n) is 3.85. The number of nitrogens with zero attached hydrogens (tertiary/aromatic N) is 4. The van der Waals surface area contributed by atoms with Crippen molar-refractivity contribution in [1.29, 1.82) is 0 Å². The van der Waals surface area contributed by atoms with Crippen LogP contribution in [0.5, 0.6) is 0 Å². The first-order chi connectivity index (χ1) is 12.2. The molecule has 1 aliphatic carbocycles. The third-order valence-corrected chi connectivity index (χ3v) is 5.32. The highest BCUT2D eigenvalue weighted by molar-refractivity contribution is 5.83. The van der Waals surface area contributed by atoms with Crippen LogP contribution in [0.1, 0.15) is 32.1 Å². The summed E-state index contributed by atoms with van der Waals surface area (Å²) < 4.78 is 1.63. The smallest absolute Gasteiger partial charge is 0.244 e. The first-order valence-electron chi connectivity index (χ1n) is 9.07. The Kier molecular flexibility index (Phi) is 4.38. The minimum atomic E-state index is -0.0861. The van der Waals surface area contributed by atoms with Crippen molar-refractivity contribution in [2.75, 3.05) is 13.1 Å². The summed E-state index contributed by atoms with van der Waals surface area (Å²) in [5.41, 5.74) is 1.64. The summed E-state index contributed by atoms with van der Waals surface area (Å²) in [6.07, 6.45) is 5.31. The van der Waals surface area contributed by atoms with Crippen molar-refractivity contribution in [2.24, 2.45) is 5.92 Å². The third kappa shape index (κ3) is 3.36. The molecule has 25 heavy (non-hydrogen) atoms. The summed E-state index contributed by atoms with van der Waals surface area (Å²) in [4.78, 5) is 26.7. The van der Waals surface area contributed by atoms with Gasteiger partial charge in [-0.05, 0) is 31.4 Å². The quantitative estimate of drug-likeness (QED) is 0.910. The predicted molar refractivity (Wildman–Crippen MR) is 92.6 cm³/mol. The number of rotatable bonds is 4. The van der Waals surface area contributed by atoms with Gasteiger partial charge in [-0.2, -0.15) is 0 Å². The number of carbonyl (C=O) groups excluding carboxylic acids is 2. The van der Waals surface area contributed by atoms with E-state index < -0.39 is 0 Å². The Bertz CT molecular complexity index is 781. The van der Waals surface area contributed by atoms with Crippen LogP contribution >= 0.6 is 0 Å². The van der Waals surface area contributed by atoms with Crippen molar-refractivity contribution >= 4 is 22.8 Å². The molecule has 1 saturated heterocycles. The number of hydrogen-bond donors (Lipinski definition) is 1. The molecule has 2 heterocycles. The fourth-order valence-corrected chi connectivity index (χ4v) is 3.85. The molecule has 7 nitrogen and oxygen atoms in total. The number of carbonyl (C=O) groups is 2. The SMILES string of the molecule is O=C(NC1CCCC1)[C@@H]1CCN(C(=O)Cn2nnc3ccccc32)C1. The van der Waals surface area contributed by atoms with E-state index in [1.54, 1.807) is 9.58 Å². The van der Waals surface area contributed by atoms with Crippen molar-refractivity contribution in [3.8, 4) is 0 Å². The summed E-state index contributed by atoms with van der Waals surface area (Å²) in [6, 6.07) is 7.93. The maximum absolute atomic E-state index is 12.6. The second-order valence-corrected chi connectivity index (χ2v) is 7.05. The Labute approximate surface area is 146 Å². The molecule has 2 aromatic rings. The van der Waals surface area contributed by atoms with Gasteiger partial charge in [-0.15, -0.1) is 5.10 Å². The molecule has 1 aromatic heterocycles. The molecule has 0 spiro atoms. The molecule has 1 aromatic carbocycles. The molecular weight excluding hydrogens is 318 g/mol. The van der Waals surface area contributed by atoms with E-state index in [0.29, 0.717) is 19.1 Å². The van der Waals surface area contributed by atoms with E-state index in [1.165, 1.54) is 12.8 Å². The Morgan fingerprint density at radius 1 is 1.16 bits per heavy atom. The van der Waals surface area contributed by atoms with Gasteiger partial charge in [0.25, 0.3) is 0 Å². The van der Waals surface area contributed by atoms with Gasteiger partial charge in [0.1, 0.15) is 12.1 Å². The number of likely N-dealkylation sites (tertiary alicyclic amines) is 1. The maximum Gasteiger partial charge on any atom is 0.244 e. The van der Waals surface area contributed by atoms with Gasteiger partial charge in [0.15, 0.2) is 0 Å². The van der Waals surface area contributed by atoms with Gasteiger partial charge in [0, 0.05) is 19.1 Å². The molecule has 7 heteroatoms. The van der Waals surface area contributed by atoms with Gasteiger partial charge < -0.3 is 10.2 Å². The lowest BCUT2D eigenvalue weighted by Gasteiger charge is -2.18. The maximum atomic E-state index is 12.6. The summed E-state index contributed by atoms with van der Waals surface area (Å²) in [7, 11) is 0. The molecule has 0 unspecified atom stereocenters. The highest BCUT2D eigenvalue weighted by atomic mass is 16.2. The van der Waals surface area contributed by atoms with Crippen LogP contribution in [0.3, 0.4) is 0 Å². The highest BCUT2D eigenvalue weighted by Gasteiger charge is 2.32. The van der Waals surface area contributed by atoms with E-state index in [0.717, 1.165) is 30.3 Å². The average molecular weight is 341 g/mol. The van der Waals surface area contributed by atoms with Crippen LogP contribution < -0.4 is 5.32 Å². The molecule has 1 saturated carbocycles. The number of para-hydroxylation sites is 1. The van der Waals surface area contributed by atoms with E-state index in [1.807, 2.05) is 24.3 Å². The van der Waals surface area contributed by atoms with E-state index in [2.05, 4.69) is 15.6 Å². The second kappa shape index (κ2) is 6.82. The molecule has 2 aliphatic rings. The highest BCUT2D eigenvalue weighted by Crippen LogP contribution is 2.21. The topological polar surface area (TPSA) is 80.1 Å². The summed E-state index contributed by atoms with van der Waals surface area (Å²) in [5, 5.41) is 11.3. The van der Waals surface area contributed by atoms with Crippen molar-refractivity contribution in [2.45, 2.75) is 44.7 Å². The largest absolute Gasteiger partial charge is 0.353 e. The van der Waals surface area contributed by atoms with Crippen molar-refractivity contribution in [3.05, 3.63) is 24.3 Å². The Morgan fingerprint density at radius 2 is 1.96 bits per heavy atom. The van der Waals surface area contributed by atoms with Crippen LogP contribution in [-0.2, 0) is 16.1 Å². The van der Waals surface area contributed by atoms with Crippen molar-refractivity contribution in [3.63, 3.8) is 0 Å². The summed E-state index contributed by atoms with van der Waals surface area (Å²) in [6.45, 7) is 1.30. The Hall–Kier alpha value is -2.44. The van der Waals surface area contributed by atoms with Crippen molar-refractivity contribution < 1.29 is 9.59 Å². The number of fused-ring (bicyclic) bond motifs is 1. The van der Waals surface area contributed by atoms with Gasteiger partial charge in [-0.1, -0.05) is 30.2 Å². The Morgan fingerprint density at radius 3 is 2.80 bits per heavy atom. The van der Waals surface area contributed by atoms with Crippen LogP contribution in [0.4, 0.5) is 0 Å². The summed E-state index contributed by atoms with van der Waals surface area (Å²) >= 11 is 0. The zero-order valence-electron chi connectivity index (χ0n) is 14.2. The van der Waals surface area contributed by atoms with E-state index in [-0.39, 0.29) is 24.3 Å². The minimum absolute atomic E-state index is 0.00757. The lowest BCUT2D eigenvalue weighted by molar-refractivity contribution is -0.131. The number of aromatic nitrogens is 3. The monoisotopic (exact) mass is 341 g/mol. The number of nitrogens with one attached hydrogen (secondary N) is 1. The average Bonchev–Trinajstić information content (AvgIpc) is 3.36. The normalized spacial score (nSPS) is 21.1.